The number of carbonyl (C=O) groups excluding carboxylic acids is 2. The first-order valence-electron chi connectivity index (χ1n) is 8.59. The van der Waals surface area contributed by atoms with Gasteiger partial charge in [0.2, 0.25) is 11.8 Å². The van der Waals surface area contributed by atoms with E-state index >= 15 is 0 Å². The summed E-state index contributed by atoms with van der Waals surface area (Å²) in [7, 11) is 3.12. The van der Waals surface area contributed by atoms with Crippen LogP contribution < -0.4 is 20.1 Å². The molecule has 0 unspecified atom stereocenters. The zero-order chi connectivity index (χ0) is 19.6. The minimum absolute atomic E-state index is 0.00555. The molecule has 0 fully saturated rings. The van der Waals surface area contributed by atoms with E-state index in [2.05, 4.69) is 10.6 Å². The van der Waals surface area contributed by atoms with Gasteiger partial charge in [0.1, 0.15) is 11.5 Å². The Balaban J connectivity index is 1.87. The summed E-state index contributed by atoms with van der Waals surface area (Å²) in [6.07, 6.45) is 1.32. The van der Waals surface area contributed by atoms with Gasteiger partial charge in [0.15, 0.2) is 0 Å². The number of nitrogens with one attached hydrogen (secondary N) is 2. The van der Waals surface area contributed by atoms with Crippen LogP contribution in [0.15, 0.2) is 47.4 Å². The van der Waals surface area contributed by atoms with Crippen molar-refractivity contribution in [1.82, 2.24) is 0 Å². The first-order chi connectivity index (χ1) is 13.0. The Morgan fingerprint density at radius 2 is 1.48 bits per heavy atom. The van der Waals surface area contributed by atoms with E-state index in [9.17, 15) is 9.59 Å². The van der Waals surface area contributed by atoms with Crippen molar-refractivity contribution in [3.05, 3.63) is 42.5 Å². The average Bonchev–Trinajstić information content (AvgIpc) is 2.67. The molecule has 6 nitrogen and oxygen atoms in total. The smallest absolute Gasteiger partial charge is 0.234 e. The molecule has 0 aromatic heterocycles. The summed E-state index contributed by atoms with van der Waals surface area (Å²) in [6.45, 7) is 1.96. The third-order valence-corrected chi connectivity index (χ3v) is 4.63. The lowest BCUT2D eigenvalue weighted by Crippen LogP contribution is -2.14. The maximum absolute atomic E-state index is 12.2. The number of carbonyl (C=O) groups is 2. The Bertz CT molecular complexity index is 756. The van der Waals surface area contributed by atoms with Gasteiger partial charge in [-0.25, -0.2) is 0 Å². The third-order valence-electron chi connectivity index (χ3n) is 3.62. The highest BCUT2D eigenvalue weighted by molar-refractivity contribution is 8.00. The van der Waals surface area contributed by atoms with E-state index in [4.69, 9.17) is 9.47 Å². The maximum Gasteiger partial charge on any atom is 0.234 e. The summed E-state index contributed by atoms with van der Waals surface area (Å²) < 4.78 is 10.4. The van der Waals surface area contributed by atoms with E-state index in [1.165, 1.54) is 11.8 Å². The predicted octanol–water partition coefficient (Wildman–Crippen LogP) is 4.17. The van der Waals surface area contributed by atoms with Crippen LogP contribution in [0.5, 0.6) is 11.5 Å². The predicted molar refractivity (Wildman–Crippen MR) is 109 cm³/mol. The standard InChI is InChI=1S/C20H24N2O4S/c1-4-5-19(23)21-14-6-8-18(9-7-14)27-13-20(24)22-15-10-16(25-2)12-17(11-15)26-3/h6-12H,4-5,13H2,1-3H3,(H,21,23)(H,22,24). The van der Waals surface area contributed by atoms with Gasteiger partial charge in [-0.1, -0.05) is 6.92 Å². The van der Waals surface area contributed by atoms with Gasteiger partial charge in [0, 0.05) is 40.9 Å². The lowest BCUT2D eigenvalue weighted by Gasteiger charge is -2.10. The van der Waals surface area contributed by atoms with Crippen LogP contribution in [-0.2, 0) is 9.59 Å². The molecule has 27 heavy (non-hydrogen) atoms. The van der Waals surface area contributed by atoms with E-state index in [-0.39, 0.29) is 17.6 Å². The van der Waals surface area contributed by atoms with Gasteiger partial charge in [-0.15, -0.1) is 11.8 Å². The summed E-state index contributed by atoms with van der Waals surface area (Å²) in [4.78, 5) is 24.7. The number of thioether (sulfide) groups is 1. The minimum Gasteiger partial charge on any atom is -0.497 e. The van der Waals surface area contributed by atoms with Crippen LogP contribution in [0.25, 0.3) is 0 Å². The van der Waals surface area contributed by atoms with Gasteiger partial charge < -0.3 is 20.1 Å². The maximum atomic E-state index is 12.2. The van der Waals surface area contributed by atoms with Crippen LogP contribution in [0.4, 0.5) is 11.4 Å². The molecule has 0 bridgehead atoms. The van der Waals surface area contributed by atoms with E-state index in [0.29, 0.717) is 23.6 Å². The molecule has 0 spiro atoms. The summed E-state index contributed by atoms with van der Waals surface area (Å²) in [5, 5.41) is 5.67. The molecule has 0 aliphatic rings. The van der Waals surface area contributed by atoms with Crippen LogP contribution in [-0.4, -0.2) is 31.8 Å². The zero-order valence-electron chi connectivity index (χ0n) is 15.7. The van der Waals surface area contributed by atoms with E-state index in [0.717, 1.165) is 17.0 Å². The Hall–Kier alpha value is -2.67. The molecule has 0 heterocycles. The van der Waals surface area contributed by atoms with Crippen LogP contribution in [0.3, 0.4) is 0 Å². The number of anilines is 2. The fourth-order valence-electron chi connectivity index (χ4n) is 2.31. The molecule has 0 radical (unpaired) electrons. The Morgan fingerprint density at radius 1 is 0.889 bits per heavy atom. The quantitative estimate of drug-likeness (QED) is 0.631. The summed E-state index contributed by atoms with van der Waals surface area (Å²) in [5.41, 5.74) is 1.37. The topological polar surface area (TPSA) is 76.7 Å². The molecule has 7 heteroatoms. The molecular formula is C20H24N2O4S. The number of methoxy groups -OCH3 is 2. The van der Waals surface area contributed by atoms with Gasteiger partial charge in [-0.05, 0) is 30.7 Å². The second kappa shape index (κ2) is 10.5. The van der Waals surface area contributed by atoms with Gasteiger partial charge >= 0.3 is 0 Å². The molecule has 2 aromatic rings. The van der Waals surface area contributed by atoms with E-state index in [1.54, 1.807) is 32.4 Å². The largest absolute Gasteiger partial charge is 0.497 e. The van der Waals surface area contributed by atoms with Crippen molar-refractivity contribution in [2.24, 2.45) is 0 Å². The fraction of sp³-hybridized carbons (Fsp3) is 0.300. The van der Waals surface area contributed by atoms with Crippen molar-refractivity contribution in [3.8, 4) is 11.5 Å². The minimum atomic E-state index is -0.129. The van der Waals surface area contributed by atoms with E-state index in [1.807, 2.05) is 31.2 Å². The van der Waals surface area contributed by atoms with Crippen LogP contribution in [0.1, 0.15) is 19.8 Å². The summed E-state index contributed by atoms with van der Waals surface area (Å²) >= 11 is 1.42. The van der Waals surface area contributed by atoms with E-state index < -0.39 is 0 Å². The number of ether oxygens (including phenoxy) is 2. The zero-order valence-corrected chi connectivity index (χ0v) is 16.5. The molecule has 144 valence electrons. The first kappa shape index (κ1) is 20.6. The molecule has 0 aliphatic heterocycles. The Morgan fingerprint density at radius 3 is 2.04 bits per heavy atom. The average molecular weight is 388 g/mol. The van der Waals surface area contributed by atoms with Gasteiger partial charge in [0.05, 0.1) is 20.0 Å². The highest BCUT2D eigenvalue weighted by Crippen LogP contribution is 2.26. The first-order valence-corrected chi connectivity index (χ1v) is 9.58. The van der Waals surface area contributed by atoms with Crippen molar-refractivity contribution >= 4 is 35.0 Å². The van der Waals surface area contributed by atoms with Crippen molar-refractivity contribution < 1.29 is 19.1 Å². The SMILES string of the molecule is CCCC(=O)Nc1ccc(SCC(=O)Nc2cc(OC)cc(OC)c2)cc1. The molecule has 0 saturated carbocycles. The van der Waals surface area contributed by atoms with Crippen molar-refractivity contribution in [3.63, 3.8) is 0 Å². The number of hydrogen-bond acceptors (Lipinski definition) is 5. The Labute approximate surface area is 163 Å². The molecule has 2 aromatic carbocycles. The second-order valence-corrected chi connectivity index (χ2v) is 6.81. The lowest BCUT2D eigenvalue weighted by molar-refractivity contribution is -0.116. The monoisotopic (exact) mass is 388 g/mol. The number of rotatable bonds is 9. The summed E-state index contributed by atoms with van der Waals surface area (Å²) in [6, 6.07) is 12.6. The Kier molecular flexibility index (Phi) is 8.00. The number of amides is 2. The molecule has 2 rings (SSSR count). The van der Waals surface area contributed by atoms with Crippen molar-refractivity contribution in [1.29, 1.82) is 0 Å². The highest BCUT2D eigenvalue weighted by atomic mass is 32.2. The molecular weight excluding hydrogens is 364 g/mol. The normalized spacial score (nSPS) is 10.2. The van der Waals surface area contributed by atoms with Crippen LogP contribution in [0, 0.1) is 0 Å². The fourth-order valence-corrected chi connectivity index (χ4v) is 3.01. The number of benzene rings is 2. The van der Waals surface area contributed by atoms with Gasteiger partial charge in [-0.2, -0.15) is 0 Å². The molecule has 0 atom stereocenters. The summed E-state index contributed by atoms with van der Waals surface area (Å²) in [5.74, 6) is 1.36. The van der Waals surface area contributed by atoms with Gasteiger partial charge in [-0.3, -0.25) is 9.59 Å². The number of hydrogen-bond donors (Lipinski definition) is 2. The third kappa shape index (κ3) is 6.86. The van der Waals surface area contributed by atoms with Crippen molar-refractivity contribution in [2.45, 2.75) is 24.7 Å². The van der Waals surface area contributed by atoms with Crippen LogP contribution in [0.2, 0.25) is 0 Å². The van der Waals surface area contributed by atoms with Gasteiger partial charge in [0.25, 0.3) is 0 Å². The highest BCUT2D eigenvalue weighted by Gasteiger charge is 2.08. The molecule has 0 aliphatic carbocycles. The molecule has 0 saturated heterocycles. The van der Waals surface area contributed by atoms with Crippen LogP contribution >= 0.6 is 11.8 Å². The molecule has 2 amide bonds. The second-order valence-electron chi connectivity index (χ2n) is 5.76. The lowest BCUT2D eigenvalue weighted by atomic mass is 10.2. The molecule has 2 N–H and O–H groups in total. The van der Waals surface area contributed by atoms with Crippen molar-refractivity contribution in [2.75, 3.05) is 30.6 Å².